The van der Waals surface area contributed by atoms with Gasteiger partial charge in [-0.1, -0.05) is 15.9 Å². The van der Waals surface area contributed by atoms with Gasteiger partial charge in [0.25, 0.3) is 10.0 Å². The molecule has 0 aliphatic heterocycles. The second-order valence-corrected chi connectivity index (χ2v) is 7.77. The molecule has 2 rings (SSSR count). The van der Waals surface area contributed by atoms with E-state index in [0.717, 1.165) is 6.07 Å². The summed E-state index contributed by atoms with van der Waals surface area (Å²) in [5.74, 6) is -0.555. The summed E-state index contributed by atoms with van der Waals surface area (Å²) < 4.78 is 41.4. The van der Waals surface area contributed by atoms with Gasteiger partial charge in [0.2, 0.25) is 0 Å². The highest BCUT2D eigenvalue weighted by molar-refractivity contribution is 9.10. The molecule has 0 spiro atoms. The van der Waals surface area contributed by atoms with Gasteiger partial charge in [-0.3, -0.25) is 4.72 Å². The predicted octanol–water partition coefficient (Wildman–Crippen LogP) is 4.04. The van der Waals surface area contributed by atoms with Gasteiger partial charge in [0.05, 0.1) is 15.1 Å². The number of halogens is 3. The summed E-state index contributed by atoms with van der Waals surface area (Å²) in [7, 11) is -3.86. The zero-order valence-electron chi connectivity index (χ0n) is 10.8. The lowest BCUT2D eigenvalue weighted by Crippen LogP contribution is -2.15. The van der Waals surface area contributed by atoms with E-state index in [2.05, 4.69) is 36.6 Å². The zero-order valence-corrected chi connectivity index (χ0v) is 14.8. The molecule has 2 aromatic carbocycles. The molecule has 112 valence electrons. The first-order valence-electron chi connectivity index (χ1n) is 5.74. The molecule has 0 atom stereocenters. The first-order valence-corrected chi connectivity index (χ1v) is 8.81. The van der Waals surface area contributed by atoms with Gasteiger partial charge >= 0.3 is 0 Å². The van der Waals surface area contributed by atoms with Gasteiger partial charge in [0.15, 0.2) is 0 Å². The van der Waals surface area contributed by atoms with Crippen LogP contribution in [0.3, 0.4) is 0 Å². The van der Waals surface area contributed by atoms with Crippen molar-refractivity contribution in [2.24, 2.45) is 0 Å². The Balaban J connectivity index is 2.45. The molecule has 0 radical (unpaired) electrons. The molecule has 21 heavy (non-hydrogen) atoms. The van der Waals surface area contributed by atoms with Gasteiger partial charge in [-0.15, -0.1) is 0 Å². The topological polar surface area (TPSA) is 72.2 Å². The van der Waals surface area contributed by atoms with Crippen LogP contribution in [-0.4, -0.2) is 8.42 Å². The van der Waals surface area contributed by atoms with E-state index in [9.17, 15) is 12.8 Å². The van der Waals surface area contributed by atoms with Crippen molar-refractivity contribution in [3.63, 3.8) is 0 Å². The van der Waals surface area contributed by atoms with Crippen molar-refractivity contribution in [3.8, 4) is 0 Å². The Morgan fingerprint density at radius 2 is 1.86 bits per heavy atom. The minimum absolute atomic E-state index is 0.0395. The van der Waals surface area contributed by atoms with Crippen molar-refractivity contribution in [2.45, 2.75) is 11.8 Å². The lowest BCUT2D eigenvalue weighted by molar-refractivity contribution is 0.600. The second kappa shape index (κ2) is 5.94. The third kappa shape index (κ3) is 3.56. The summed E-state index contributed by atoms with van der Waals surface area (Å²) in [5, 5.41) is 0. The van der Waals surface area contributed by atoms with Crippen LogP contribution >= 0.6 is 31.9 Å². The van der Waals surface area contributed by atoms with Crippen LogP contribution < -0.4 is 10.5 Å². The van der Waals surface area contributed by atoms with Crippen LogP contribution in [0, 0.1) is 12.7 Å². The Kier molecular flexibility index (Phi) is 4.60. The number of nitrogen functional groups attached to an aromatic ring is 1. The van der Waals surface area contributed by atoms with E-state index in [1.807, 2.05) is 0 Å². The molecule has 0 aromatic heterocycles. The summed E-state index contributed by atoms with van der Waals surface area (Å²) in [6.45, 7) is 1.61. The Morgan fingerprint density at radius 3 is 2.48 bits per heavy atom. The number of sulfonamides is 1. The molecule has 4 nitrogen and oxygen atoms in total. The Hall–Kier alpha value is -1.12. The molecule has 3 N–H and O–H groups in total. The third-order valence-electron chi connectivity index (χ3n) is 2.83. The van der Waals surface area contributed by atoms with E-state index in [1.165, 1.54) is 18.2 Å². The van der Waals surface area contributed by atoms with Gasteiger partial charge in [-0.2, -0.15) is 0 Å². The van der Waals surface area contributed by atoms with E-state index in [1.54, 1.807) is 13.0 Å². The molecular weight excluding hydrogens is 427 g/mol. The number of nitrogens with one attached hydrogen (secondary N) is 1. The maximum absolute atomic E-state index is 13.5. The van der Waals surface area contributed by atoms with E-state index < -0.39 is 15.8 Å². The number of rotatable bonds is 3. The summed E-state index contributed by atoms with van der Waals surface area (Å²) in [4.78, 5) is 0.0395. The smallest absolute Gasteiger partial charge is 0.262 e. The van der Waals surface area contributed by atoms with Gasteiger partial charge in [0.1, 0.15) is 5.82 Å². The number of benzene rings is 2. The molecule has 0 aliphatic rings. The van der Waals surface area contributed by atoms with Crippen molar-refractivity contribution >= 4 is 53.3 Å². The highest BCUT2D eigenvalue weighted by Gasteiger charge is 2.19. The SMILES string of the molecule is Cc1c(N)cc(Br)cc1S(=O)(=O)Nc1ccc(Br)c(F)c1. The Bertz CT molecular complexity index is 810. The molecule has 0 fully saturated rings. The molecule has 0 aliphatic carbocycles. The fourth-order valence-electron chi connectivity index (χ4n) is 1.72. The van der Waals surface area contributed by atoms with Crippen molar-refractivity contribution in [2.75, 3.05) is 10.5 Å². The molecule has 0 unspecified atom stereocenters. The first kappa shape index (κ1) is 16.3. The summed E-state index contributed by atoms with van der Waals surface area (Å²) in [6, 6.07) is 7.05. The molecule has 8 heteroatoms. The minimum atomic E-state index is -3.86. The highest BCUT2D eigenvalue weighted by atomic mass is 79.9. The number of nitrogens with two attached hydrogens (primary N) is 1. The van der Waals surface area contributed by atoms with Gasteiger partial charge in [-0.25, -0.2) is 12.8 Å². The number of anilines is 2. The van der Waals surface area contributed by atoms with Gasteiger partial charge in [0, 0.05) is 10.2 Å². The third-order valence-corrected chi connectivity index (χ3v) is 5.43. The Morgan fingerprint density at radius 1 is 1.19 bits per heavy atom. The summed E-state index contributed by atoms with van der Waals surface area (Å²) in [6.07, 6.45) is 0. The van der Waals surface area contributed by atoms with E-state index in [4.69, 9.17) is 5.73 Å². The average Bonchev–Trinajstić information content (AvgIpc) is 2.37. The van der Waals surface area contributed by atoms with Crippen molar-refractivity contribution < 1.29 is 12.8 Å². The fraction of sp³-hybridized carbons (Fsp3) is 0.0769. The van der Waals surface area contributed by atoms with Crippen LogP contribution in [0.15, 0.2) is 44.2 Å². The predicted molar refractivity (Wildman–Crippen MR) is 88.2 cm³/mol. The summed E-state index contributed by atoms with van der Waals surface area (Å²) >= 11 is 6.22. The zero-order chi connectivity index (χ0) is 15.8. The van der Waals surface area contributed by atoms with Crippen LogP contribution in [-0.2, 0) is 10.0 Å². The van der Waals surface area contributed by atoms with Crippen LogP contribution in [0.5, 0.6) is 0 Å². The Labute approximate surface area is 138 Å². The standard InChI is InChI=1S/C13H11Br2FN2O2S/c1-7-12(17)4-8(14)5-13(7)21(19,20)18-9-2-3-10(15)11(16)6-9/h2-6,18H,17H2,1H3. The van der Waals surface area contributed by atoms with E-state index in [0.29, 0.717) is 15.7 Å². The fourth-order valence-corrected chi connectivity index (χ4v) is 3.95. The normalized spacial score (nSPS) is 11.4. The van der Waals surface area contributed by atoms with Crippen LogP contribution in [0.25, 0.3) is 0 Å². The molecule has 2 aromatic rings. The monoisotopic (exact) mass is 436 g/mol. The van der Waals surface area contributed by atoms with Crippen LogP contribution in [0.1, 0.15) is 5.56 Å². The molecule has 0 bridgehead atoms. The van der Waals surface area contributed by atoms with E-state index >= 15 is 0 Å². The number of hydrogen-bond acceptors (Lipinski definition) is 3. The molecule has 0 heterocycles. The highest BCUT2D eigenvalue weighted by Crippen LogP contribution is 2.28. The molecule has 0 saturated heterocycles. The van der Waals surface area contributed by atoms with Crippen molar-refractivity contribution in [1.29, 1.82) is 0 Å². The lowest BCUT2D eigenvalue weighted by Gasteiger charge is -2.13. The van der Waals surface area contributed by atoms with E-state index in [-0.39, 0.29) is 15.1 Å². The quantitative estimate of drug-likeness (QED) is 0.711. The van der Waals surface area contributed by atoms with Gasteiger partial charge in [-0.05, 0) is 58.7 Å². The lowest BCUT2D eigenvalue weighted by atomic mass is 10.2. The summed E-state index contributed by atoms with van der Waals surface area (Å²) in [5.41, 5.74) is 6.69. The largest absolute Gasteiger partial charge is 0.398 e. The number of hydrogen-bond donors (Lipinski definition) is 2. The second-order valence-electron chi connectivity index (χ2n) is 4.35. The van der Waals surface area contributed by atoms with Crippen LogP contribution in [0.2, 0.25) is 0 Å². The molecular formula is C13H11Br2FN2O2S. The maximum atomic E-state index is 13.5. The van der Waals surface area contributed by atoms with Gasteiger partial charge < -0.3 is 5.73 Å². The van der Waals surface area contributed by atoms with Crippen LogP contribution in [0.4, 0.5) is 15.8 Å². The van der Waals surface area contributed by atoms with Crippen molar-refractivity contribution in [1.82, 2.24) is 0 Å². The molecule has 0 amide bonds. The first-order chi connectivity index (χ1) is 9.70. The minimum Gasteiger partial charge on any atom is -0.398 e. The maximum Gasteiger partial charge on any atom is 0.262 e. The van der Waals surface area contributed by atoms with Crippen molar-refractivity contribution in [3.05, 3.63) is 50.7 Å². The molecule has 0 saturated carbocycles. The average molecular weight is 438 g/mol.